The molecule has 1 unspecified atom stereocenters. The van der Waals surface area contributed by atoms with E-state index in [-0.39, 0.29) is 12.7 Å². The summed E-state index contributed by atoms with van der Waals surface area (Å²) in [5, 5.41) is 3.15. The molecule has 3 heteroatoms. The molecule has 0 saturated heterocycles. The third kappa shape index (κ3) is 1.73. The quantitative estimate of drug-likeness (QED) is 0.775. The summed E-state index contributed by atoms with van der Waals surface area (Å²) in [6.45, 7) is 0.437. The predicted octanol–water partition coefficient (Wildman–Crippen LogP) is 1.68. The van der Waals surface area contributed by atoms with Crippen molar-refractivity contribution in [2.75, 3.05) is 13.8 Å². The number of methoxy groups -OCH3 is 1. The van der Waals surface area contributed by atoms with Gasteiger partial charge < -0.3 is 10.1 Å². The molecule has 0 fully saturated rings. The summed E-state index contributed by atoms with van der Waals surface area (Å²) in [4.78, 5) is 0. The lowest BCUT2D eigenvalue weighted by Crippen LogP contribution is -2.37. The van der Waals surface area contributed by atoms with Gasteiger partial charge in [0.1, 0.15) is 12.4 Å². The number of hydrogen-bond acceptors (Lipinski definition) is 2. The van der Waals surface area contributed by atoms with Crippen LogP contribution < -0.4 is 10.1 Å². The molecule has 2 nitrogen and oxygen atoms in total. The Hall–Kier alpha value is -1.09. The van der Waals surface area contributed by atoms with Gasteiger partial charge in [0.25, 0.3) is 0 Å². The molecule has 0 aromatic heterocycles. The predicted molar refractivity (Wildman–Crippen MR) is 53.3 cm³/mol. The zero-order chi connectivity index (χ0) is 9.97. The number of halogens is 1. The van der Waals surface area contributed by atoms with Gasteiger partial charge in [-0.05, 0) is 29.7 Å². The normalized spacial score (nSPS) is 20.3. The van der Waals surface area contributed by atoms with Crippen molar-refractivity contribution >= 4 is 0 Å². The molecule has 1 atom stereocenters. The zero-order valence-corrected chi connectivity index (χ0v) is 8.22. The van der Waals surface area contributed by atoms with Crippen LogP contribution in [0.4, 0.5) is 4.39 Å². The minimum atomic E-state index is -0.300. The molecule has 0 bridgehead atoms. The first-order valence-electron chi connectivity index (χ1n) is 4.78. The summed E-state index contributed by atoms with van der Waals surface area (Å²) in [5.74, 6) is 0.865. The molecular formula is C11H14FNO. The summed E-state index contributed by atoms with van der Waals surface area (Å²) >= 11 is 0. The summed E-state index contributed by atoms with van der Waals surface area (Å²) in [6, 6.07) is 5.95. The van der Waals surface area contributed by atoms with E-state index in [2.05, 4.69) is 5.32 Å². The first kappa shape index (κ1) is 9.46. The maximum atomic E-state index is 12.4. The van der Waals surface area contributed by atoms with Gasteiger partial charge in [-0.3, -0.25) is 0 Å². The highest BCUT2D eigenvalue weighted by Crippen LogP contribution is 2.22. The van der Waals surface area contributed by atoms with Gasteiger partial charge in [0.2, 0.25) is 0 Å². The van der Waals surface area contributed by atoms with Gasteiger partial charge in [-0.25, -0.2) is 4.39 Å². The second-order valence-corrected chi connectivity index (χ2v) is 3.57. The van der Waals surface area contributed by atoms with E-state index in [0.29, 0.717) is 0 Å². The summed E-state index contributed by atoms with van der Waals surface area (Å²) in [5.41, 5.74) is 2.45. The number of fused-ring (bicyclic) bond motifs is 1. The van der Waals surface area contributed by atoms with Gasteiger partial charge in [0.05, 0.1) is 7.11 Å². The summed E-state index contributed by atoms with van der Waals surface area (Å²) in [7, 11) is 1.66. The fourth-order valence-corrected chi connectivity index (χ4v) is 1.79. The average molecular weight is 195 g/mol. The van der Waals surface area contributed by atoms with Gasteiger partial charge in [-0.1, -0.05) is 6.07 Å². The highest BCUT2D eigenvalue weighted by Gasteiger charge is 2.17. The van der Waals surface area contributed by atoms with E-state index in [4.69, 9.17) is 4.74 Å². The monoisotopic (exact) mass is 195 g/mol. The molecular weight excluding hydrogens is 181 g/mol. The minimum absolute atomic E-state index is 0.0177. The number of benzene rings is 1. The Balaban J connectivity index is 2.23. The van der Waals surface area contributed by atoms with Crippen molar-refractivity contribution in [3.8, 4) is 5.75 Å². The third-order valence-corrected chi connectivity index (χ3v) is 2.65. The zero-order valence-electron chi connectivity index (χ0n) is 8.22. The Kier molecular flexibility index (Phi) is 2.68. The maximum absolute atomic E-state index is 12.4. The van der Waals surface area contributed by atoms with Crippen molar-refractivity contribution in [2.45, 2.75) is 19.0 Å². The fraction of sp³-hybridized carbons (Fsp3) is 0.455. The lowest BCUT2D eigenvalue weighted by molar-refractivity contribution is 0.357. The van der Waals surface area contributed by atoms with Crippen LogP contribution in [0.1, 0.15) is 11.1 Å². The molecule has 0 saturated carbocycles. The van der Waals surface area contributed by atoms with Crippen molar-refractivity contribution in [1.29, 1.82) is 0 Å². The van der Waals surface area contributed by atoms with Crippen LogP contribution in [0.15, 0.2) is 18.2 Å². The molecule has 1 N–H and O–H groups in total. The highest BCUT2D eigenvalue weighted by atomic mass is 19.1. The van der Waals surface area contributed by atoms with Crippen LogP contribution in [0.2, 0.25) is 0 Å². The molecule has 0 amide bonds. The standard InChI is InChI=1S/C11H14FNO/c1-14-11-3-2-8-4-10(6-12)13-7-9(8)5-11/h2-3,5,10,13H,4,6-7H2,1H3. The van der Waals surface area contributed by atoms with Gasteiger partial charge >= 0.3 is 0 Å². The number of rotatable bonds is 2. The lowest BCUT2D eigenvalue weighted by Gasteiger charge is -2.24. The molecule has 0 radical (unpaired) electrons. The molecule has 1 aromatic carbocycles. The molecule has 1 aliphatic heterocycles. The van der Waals surface area contributed by atoms with E-state index in [0.717, 1.165) is 18.7 Å². The fourth-order valence-electron chi connectivity index (χ4n) is 1.79. The molecule has 1 aromatic rings. The van der Waals surface area contributed by atoms with E-state index in [1.54, 1.807) is 7.11 Å². The van der Waals surface area contributed by atoms with Crippen molar-refractivity contribution in [3.05, 3.63) is 29.3 Å². The van der Waals surface area contributed by atoms with Gasteiger partial charge in [-0.15, -0.1) is 0 Å². The lowest BCUT2D eigenvalue weighted by atomic mass is 9.96. The van der Waals surface area contributed by atoms with Crippen LogP contribution in [-0.4, -0.2) is 19.8 Å². The molecule has 0 aliphatic carbocycles. The Morgan fingerprint density at radius 2 is 2.36 bits per heavy atom. The Morgan fingerprint density at radius 1 is 1.50 bits per heavy atom. The highest BCUT2D eigenvalue weighted by molar-refractivity contribution is 5.37. The van der Waals surface area contributed by atoms with Crippen molar-refractivity contribution in [1.82, 2.24) is 5.32 Å². The molecule has 14 heavy (non-hydrogen) atoms. The topological polar surface area (TPSA) is 21.3 Å². The third-order valence-electron chi connectivity index (χ3n) is 2.65. The van der Waals surface area contributed by atoms with E-state index >= 15 is 0 Å². The maximum Gasteiger partial charge on any atom is 0.119 e. The second-order valence-electron chi connectivity index (χ2n) is 3.57. The SMILES string of the molecule is COc1ccc2c(c1)CNC(CF)C2. The number of nitrogens with one attached hydrogen (secondary N) is 1. The average Bonchev–Trinajstić information content (AvgIpc) is 2.27. The van der Waals surface area contributed by atoms with E-state index in [1.807, 2.05) is 18.2 Å². The second kappa shape index (κ2) is 3.96. The first-order chi connectivity index (χ1) is 6.83. The van der Waals surface area contributed by atoms with Crippen LogP contribution in [-0.2, 0) is 13.0 Å². The number of ether oxygens (including phenoxy) is 1. The van der Waals surface area contributed by atoms with Gasteiger partial charge in [-0.2, -0.15) is 0 Å². The van der Waals surface area contributed by atoms with Crippen LogP contribution >= 0.6 is 0 Å². The van der Waals surface area contributed by atoms with Crippen molar-refractivity contribution in [2.24, 2.45) is 0 Å². The molecule has 76 valence electrons. The largest absolute Gasteiger partial charge is 0.497 e. The minimum Gasteiger partial charge on any atom is -0.497 e. The summed E-state index contributed by atoms with van der Waals surface area (Å²) < 4.78 is 17.6. The van der Waals surface area contributed by atoms with Crippen molar-refractivity contribution < 1.29 is 9.13 Å². The molecule has 1 aliphatic rings. The molecule has 0 spiro atoms. The Bertz CT molecular complexity index is 327. The van der Waals surface area contributed by atoms with E-state index in [1.165, 1.54) is 11.1 Å². The smallest absolute Gasteiger partial charge is 0.119 e. The van der Waals surface area contributed by atoms with Crippen LogP contribution in [0, 0.1) is 0 Å². The number of hydrogen-bond donors (Lipinski definition) is 1. The van der Waals surface area contributed by atoms with Crippen molar-refractivity contribution in [3.63, 3.8) is 0 Å². The summed E-state index contributed by atoms with van der Waals surface area (Å²) in [6.07, 6.45) is 0.774. The Labute approximate surface area is 83.1 Å². The van der Waals surface area contributed by atoms with Crippen LogP contribution in [0.5, 0.6) is 5.75 Å². The first-order valence-corrected chi connectivity index (χ1v) is 4.78. The van der Waals surface area contributed by atoms with Gasteiger partial charge in [0.15, 0.2) is 0 Å². The Morgan fingerprint density at radius 3 is 3.07 bits per heavy atom. The van der Waals surface area contributed by atoms with E-state index < -0.39 is 0 Å². The number of alkyl halides is 1. The molecule has 2 rings (SSSR count). The van der Waals surface area contributed by atoms with Crippen LogP contribution in [0.25, 0.3) is 0 Å². The van der Waals surface area contributed by atoms with E-state index in [9.17, 15) is 4.39 Å². The van der Waals surface area contributed by atoms with Crippen LogP contribution in [0.3, 0.4) is 0 Å². The molecule has 1 heterocycles. The van der Waals surface area contributed by atoms with Gasteiger partial charge in [0, 0.05) is 12.6 Å².